The van der Waals surface area contributed by atoms with Gasteiger partial charge in [0.2, 0.25) is 0 Å². The van der Waals surface area contributed by atoms with E-state index in [1.165, 1.54) is 17.8 Å². The van der Waals surface area contributed by atoms with Gasteiger partial charge in [-0.25, -0.2) is 4.57 Å². The molecule has 0 spiro atoms. The Morgan fingerprint density at radius 3 is 2.78 bits per heavy atom. The minimum atomic E-state index is -4.45. The molecule has 18 heavy (non-hydrogen) atoms. The van der Waals surface area contributed by atoms with Crippen LogP contribution in [-0.4, -0.2) is 14.5 Å². The van der Waals surface area contributed by atoms with Gasteiger partial charge in [-0.2, -0.15) is 24.5 Å². The summed E-state index contributed by atoms with van der Waals surface area (Å²) < 4.78 is 38.9. The van der Waals surface area contributed by atoms with Crippen molar-refractivity contribution in [3.05, 3.63) is 44.4 Å². The molecule has 0 aliphatic carbocycles. The van der Waals surface area contributed by atoms with Gasteiger partial charge < -0.3 is 10.1 Å². The summed E-state index contributed by atoms with van der Waals surface area (Å²) in [6.07, 6.45) is -2.00. The minimum Gasteiger partial charge on any atom is -0.390 e. The number of hydrogen-bond acceptors (Lipinski definition) is 4. The summed E-state index contributed by atoms with van der Waals surface area (Å²) in [5.74, 6) is -0.477. The van der Waals surface area contributed by atoms with Gasteiger partial charge in [-0.15, -0.1) is 0 Å². The van der Waals surface area contributed by atoms with Gasteiger partial charge in [-0.05, 0) is 10.3 Å². The molecule has 0 N–H and O–H groups in total. The molecule has 2 rings (SSSR count). The molecule has 2 heterocycles. The largest absolute Gasteiger partial charge is 0.434 e. The van der Waals surface area contributed by atoms with Gasteiger partial charge in [0.05, 0.1) is 12.1 Å². The number of rotatable bonds is 3. The average molecular weight is 277 g/mol. The van der Waals surface area contributed by atoms with Crippen LogP contribution in [0.3, 0.4) is 0 Å². The highest BCUT2D eigenvalue weighted by molar-refractivity contribution is 7.08. The number of nitro groups is 1. The van der Waals surface area contributed by atoms with Crippen molar-refractivity contribution in [1.82, 2.24) is 9.55 Å². The van der Waals surface area contributed by atoms with Crippen LogP contribution in [0.5, 0.6) is 0 Å². The Balaban J connectivity index is 2.33. The first kappa shape index (κ1) is 12.6. The van der Waals surface area contributed by atoms with E-state index in [-0.39, 0.29) is 12.1 Å². The van der Waals surface area contributed by atoms with Crippen LogP contribution in [0.25, 0.3) is 0 Å². The number of aromatic nitrogens is 2. The van der Waals surface area contributed by atoms with E-state index in [1.807, 2.05) is 0 Å². The van der Waals surface area contributed by atoms with Gasteiger partial charge in [0.15, 0.2) is 0 Å². The molecule has 0 bridgehead atoms. The van der Waals surface area contributed by atoms with Crippen molar-refractivity contribution in [2.75, 3.05) is 0 Å². The third kappa shape index (κ3) is 2.35. The molecule has 0 fully saturated rings. The molecule has 2 aromatic heterocycles. The SMILES string of the molecule is O=[N+]([O-])c1nccn1Cc1cscc1C(F)(F)F. The van der Waals surface area contributed by atoms with E-state index in [2.05, 4.69) is 4.98 Å². The Morgan fingerprint density at radius 1 is 1.44 bits per heavy atom. The number of nitrogens with zero attached hydrogens (tertiary/aromatic N) is 3. The molecule has 0 radical (unpaired) electrons. The Bertz CT molecular complexity index is 576. The number of hydrogen-bond donors (Lipinski definition) is 0. The van der Waals surface area contributed by atoms with Crippen molar-refractivity contribution >= 4 is 17.3 Å². The van der Waals surface area contributed by atoms with Crippen molar-refractivity contribution in [1.29, 1.82) is 0 Å². The fourth-order valence-corrected chi connectivity index (χ4v) is 2.33. The smallest absolute Gasteiger partial charge is 0.390 e. The van der Waals surface area contributed by atoms with Gasteiger partial charge in [0, 0.05) is 10.9 Å². The molecule has 0 saturated heterocycles. The molecule has 0 aromatic carbocycles. The van der Waals surface area contributed by atoms with Crippen LogP contribution < -0.4 is 0 Å². The zero-order chi connectivity index (χ0) is 13.3. The van der Waals surface area contributed by atoms with E-state index in [0.717, 1.165) is 21.3 Å². The van der Waals surface area contributed by atoms with E-state index in [0.29, 0.717) is 0 Å². The Hall–Kier alpha value is -1.90. The first-order chi connectivity index (χ1) is 8.39. The van der Waals surface area contributed by atoms with E-state index >= 15 is 0 Å². The molecule has 96 valence electrons. The lowest BCUT2D eigenvalue weighted by atomic mass is 10.2. The molecule has 0 aliphatic heterocycles. The van der Waals surface area contributed by atoms with Crippen molar-refractivity contribution in [3.8, 4) is 0 Å². The zero-order valence-electron chi connectivity index (χ0n) is 8.72. The quantitative estimate of drug-likeness (QED) is 0.640. The van der Waals surface area contributed by atoms with E-state index in [4.69, 9.17) is 0 Å². The second-order valence-electron chi connectivity index (χ2n) is 3.42. The number of thiophene rings is 1. The first-order valence-corrected chi connectivity index (χ1v) is 5.61. The van der Waals surface area contributed by atoms with Crippen molar-refractivity contribution in [2.45, 2.75) is 12.7 Å². The fourth-order valence-electron chi connectivity index (χ4n) is 1.47. The Morgan fingerprint density at radius 2 is 2.17 bits per heavy atom. The second-order valence-corrected chi connectivity index (χ2v) is 4.16. The fraction of sp³-hybridized carbons (Fsp3) is 0.222. The van der Waals surface area contributed by atoms with Crippen molar-refractivity contribution in [2.24, 2.45) is 0 Å². The number of halogens is 3. The van der Waals surface area contributed by atoms with Crippen LogP contribution in [0, 0.1) is 10.1 Å². The third-order valence-corrected chi connectivity index (χ3v) is 3.04. The minimum absolute atomic E-state index is 0.00593. The average Bonchev–Trinajstić information content (AvgIpc) is 2.85. The van der Waals surface area contributed by atoms with E-state index < -0.39 is 22.6 Å². The van der Waals surface area contributed by atoms with Crippen LogP contribution in [-0.2, 0) is 12.7 Å². The maximum absolute atomic E-state index is 12.6. The molecular weight excluding hydrogens is 271 g/mol. The molecule has 2 aromatic rings. The van der Waals surface area contributed by atoms with Crippen LogP contribution in [0.2, 0.25) is 0 Å². The molecule has 9 heteroatoms. The summed E-state index contributed by atoms with van der Waals surface area (Å²) in [5, 5.41) is 12.9. The van der Waals surface area contributed by atoms with Gasteiger partial charge in [-0.1, -0.05) is 4.98 Å². The molecular formula is C9H6F3N3O2S. The number of alkyl halides is 3. The molecule has 0 atom stereocenters. The van der Waals surface area contributed by atoms with Gasteiger partial charge in [-0.3, -0.25) is 0 Å². The highest BCUT2D eigenvalue weighted by atomic mass is 32.1. The van der Waals surface area contributed by atoms with Gasteiger partial charge >= 0.3 is 12.1 Å². The van der Waals surface area contributed by atoms with Crippen LogP contribution in [0.4, 0.5) is 19.1 Å². The normalized spacial score (nSPS) is 11.7. The summed E-state index contributed by atoms with van der Waals surface area (Å²) in [6, 6.07) is 0. The lowest BCUT2D eigenvalue weighted by Gasteiger charge is -2.07. The summed E-state index contributed by atoms with van der Waals surface area (Å²) in [7, 11) is 0. The van der Waals surface area contributed by atoms with Crippen LogP contribution >= 0.6 is 11.3 Å². The Kier molecular flexibility index (Phi) is 3.07. The maximum Gasteiger partial charge on any atom is 0.434 e. The molecule has 5 nitrogen and oxygen atoms in total. The van der Waals surface area contributed by atoms with Crippen LogP contribution in [0.15, 0.2) is 23.2 Å². The predicted molar refractivity (Wildman–Crippen MR) is 57.3 cm³/mol. The number of imidazole rings is 1. The Labute approximate surface area is 103 Å². The maximum atomic E-state index is 12.6. The van der Waals surface area contributed by atoms with E-state index in [1.54, 1.807) is 0 Å². The predicted octanol–water partition coefficient (Wildman–Crippen LogP) is 2.92. The lowest BCUT2D eigenvalue weighted by molar-refractivity contribution is -0.396. The summed E-state index contributed by atoms with van der Waals surface area (Å²) >= 11 is 0.906. The molecule has 0 saturated carbocycles. The standard InChI is InChI=1S/C9H6F3N3O2S/c10-9(11,12)7-5-18-4-6(7)3-14-2-1-13-8(14)15(16)17/h1-2,4-5H,3H2. The summed E-state index contributed by atoms with van der Waals surface area (Å²) in [4.78, 5) is 13.3. The molecule has 0 unspecified atom stereocenters. The third-order valence-electron chi connectivity index (χ3n) is 2.25. The summed E-state index contributed by atoms with van der Waals surface area (Å²) in [5.41, 5.74) is -0.774. The van der Waals surface area contributed by atoms with Crippen molar-refractivity contribution in [3.63, 3.8) is 0 Å². The second kappa shape index (κ2) is 4.41. The molecule has 0 amide bonds. The summed E-state index contributed by atoms with van der Waals surface area (Å²) in [6.45, 7) is -0.228. The highest BCUT2D eigenvalue weighted by Gasteiger charge is 2.34. The van der Waals surface area contributed by atoms with Gasteiger partial charge in [0.1, 0.15) is 12.4 Å². The highest BCUT2D eigenvalue weighted by Crippen LogP contribution is 2.34. The van der Waals surface area contributed by atoms with Crippen molar-refractivity contribution < 1.29 is 18.1 Å². The monoisotopic (exact) mass is 277 g/mol. The topological polar surface area (TPSA) is 61.0 Å². The van der Waals surface area contributed by atoms with E-state index in [9.17, 15) is 23.3 Å². The van der Waals surface area contributed by atoms with Crippen LogP contribution in [0.1, 0.15) is 11.1 Å². The van der Waals surface area contributed by atoms with Gasteiger partial charge in [0.25, 0.3) is 0 Å². The first-order valence-electron chi connectivity index (χ1n) is 4.67. The zero-order valence-corrected chi connectivity index (χ0v) is 9.53. The lowest BCUT2D eigenvalue weighted by Crippen LogP contribution is -2.10. The molecule has 0 aliphatic rings.